The summed E-state index contributed by atoms with van der Waals surface area (Å²) in [6.45, 7) is 12.4. The average Bonchev–Trinajstić information content (AvgIpc) is 3.74. The molecule has 8 nitrogen and oxygen atoms in total. The molecule has 1 saturated heterocycles. The highest BCUT2D eigenvalue weighted by atomic mass is 16.5. The van der Waals surface area contributed by atoms with E-state index in [1.54, 1.807) is 0 Å². The van der Waals surface area contributed by atoms with Crippen LogP contribution >= 0.6 is 0 Å². The maximum atomic E-state index is 12.2. The number of hydrogen-bond donors (Lipinski definition) is 3. The van der Waals surface area contributed by atoms with E-state index in [-0.39, 0.29) is 24.2 Å². The number of nitrogens with one attached hydrogen (secondary N) is 1. The minimum Gasteiger partial charge on any atom is -0.511 e. The van der Waals surface area contributed by atoms with E-state index in [4.69, 9.17) is 19.7 Å². The van der Waals surface area contributed by atoms with Crippen LogP contribution in [0.1, 0.15) is 73.6 Å². The number of hydrogen-bond acceptors (Lipinski definition) is 8. The number of fused-ring (bicyclic) bond motifs is 5. The predicted molar refractivity (Wildman–Crippen MR) is 170 cm³/mol. The molecule has 0 radical (unpaired) electrons. The summed E-state index contributed by atoms with van der Waals surface area (Å²) < 4.78 is 4.98. The van der Waals surface area contributed by atoms with Gasteiger partial charge in [-0.15, -0.1) is 0 Å². The van der Waals surface area contributed by atoms with E-state index in [0.29, 0.717) is 25.0 Å². The van der Waals surface area contributed by atoms with Crippen LogP contribution in [0.25, 0.3) is 0 Å². The number of aliphatic imine (C=N–C) groups is 3. The molecule has 224 valence electrons. The van der Waals surface area contributed by atoms with E-state index in [0.717, 1.165) is 91.1 Å². The Bertz CT molecular complexity index is 1700. The van der Waals surface area contributed by atoms with Crippen molar-refractivity contribution in [1.82, 2.24) is 5.32 Å². The first-order valence-corrected chi connectivity index (χ1v) is 15.3. The number of carbonyl (C=O) groups is 1. The normalized spacial score (nSPS) is 25.2. The van der Waals surface area contributed by atoms with Crippen LogP contribution in [0.2, 0.25) is 0 Å². The van der Waals surface area contributed by atoms with Crippen LogP contribution in [-0.2, 0) is 9.53 Å². The summed E-state index contributed by atoms with van der Waals surface area (Å²) in [5, 5.41) is 26.0. The smallest absolute Gasteiger partial charge is 0.305 e. The fraction of sp³-hybridized carbons (Fsp3) is 0.429. The van der Waals surface area contributed by atoms with Gasteiger partial charge in [0.25, 0.3) is 0 Å². The Hall–Kier alpha value is -4.04. The van der Waals surface area contributed by atoms with Gasteiger partial charge in [0.1, 0.15) is 5.76 Å². The monoisotopic (exact) mass is 580 g/mol. The standard InChI is InChI=1S/C35H40N4O4/c1-8-20-16(3)23-15-28-32(29(40)9-2)18(5)25(37-28)13-24-17(4)21(10-11-31(42)43-7)34(38-24)22-12-30(41)33-19(6)26(39-35(22)33)14-27(20)36-23/h13-15,17,21,29,38,40-41H,8-12H2,1-7H3/t17-,21-,29+/m0/s1. The van der Waals surface area contributed by atoms with E-state index in [9.17, 15) is 15.0 Å². The van der Waals surface area contributed by atoms with Gasteiger partial charge in [0.15, 0.2) is 0 Å². The lowest BCUT2D eigenvalue weighted by Crippen LogP contribution is -2.16. The fourth-order valence-electron chi connectivity index (χ4n) is 7.13. The number of ether oxygens (including phenoxy) is 1. The first-order chi connectivity index (χ1) is 20.6. The van der Waals surface area contributed by atoms with Gasteiger partial charge in [-0.2, -0.15) is 0 Å². The summed E-state index contributed by atoms with van der Waals surface area (Å²) in [5.41, 5.74) is 13.5. The minimum absolute atomic E-state index is 0.00515. The first-order valence-electron chi connectivity index (χ1n) is 15.3. The molecule has 0 aromatic heterocycles. The molecule has 0 saturated carbocycles. The van der Waals surface area contributed by atoms with Crippen molar-refractivity contribution >= 4 is 23.1 Å². The molecule has 5 aliphatic heterocycles. The topological polar surface area (TPSA) is 116 Å². The molecular weight excluding hydrogens is 540 g/mol. The second kappa shape index (κ2) is 10.9. The zero-order chi connectivity index (χ0) is 30.7. The molecule has 6 aliphatic rings. The Balaban J connectivity index is 1.60. The third kappa shape index (κ3) is 4.63. The predicted octanol–water partition coefficient (Wildman–Crippen LogP) is 6.38. The molecule has 8 heteroatoms. The van der Waals surface area contributed by atoms with Crippen LogP contribution in [0.15, 0.2) is 106 Å². The lowest BCUT2D eigenvalue weighted by Gasteiger charge is -2.17. The highest BCUT2D eigenvalue weighted by Gasteiger charge is 2.41. The van der Waals surface area contributed by atoms with E-state index in [1.165, 1.54) is 7.11 Å². The number of methoxy groups -OCH3 is 1. The van der Waals surface area contributed by atoms with Gasteiger partial charge in [-0.1, -0.05) is 20.8 Å². The van der Waals surface area contributed by atoms with Crippen LogP contribution in [0.4, 0.5) is 0 Å². The molecule has 0 aromatic carbocycles. The zero-order valence-corrected chi connectivity index (χ0v) is 26.1. The maximum absolute atomic E-state index is 12.2. The Morgan fingerprint density at radius 2 is 1.77 bits per heavy atom. The molecule has 8 bridgehead atoms. The minimum atomic E-state index is -0.649. The van der Waals surface area contributed by atoms with Gasteiger partial charge < -0.3 is 20.3 Å². The number of rotatable bonds is 6. The quantitative estimate of drug-likeness (QED) is 0.315. The molecule has 43 heavy (non-hydrogen) atoms. The second-order valence-electron chi connectivity index (χ2n) is 12.1. The molecular formula is C35H40N4O4. The van der Waals surface area contributed by atoms with E-state index in [2.05, 4.69) is 32.2 Å². The molecule has 1 aliphatic carbocycles. The van der Waals surface area contributed by atoms with Crippen LogP contribution in [0, 0.1) is 11.8 Å². The molecule has 0 unspecified atom stereocenters. The Labute approximate surface area is 253 Å². The number of nitrogens with zero attached hydrogens (tertiary/aromatic N) is 3. The summed E-state index contributed by atoms with van der Waals surface area (Å²) in [5.74, 6) is 0.111. The van der Waals surface area contributed by atoms with Gasteiger partial charge in [-0.05, 0) is 80.6 Å². The summed E-state index contributed by atoms with van der Waals surface area (Å²) in [6.07, 6.45) is 8.10. The average molecular weight is 581 g/mol. The molecule has 0 aromatic rings. The van der Waals surface area contributed by atoms with Gasteiger partial charge in [0.2, 0.25) is 0 Å². The third-order valence-electron chi connectivity index (χ3n) is 9.71. The highest BCUT2D eigenvalue weighted by Crippen LogP contribution is 2.46. The molecule has 1 fully saturated rings. The van der Waals surface area contributed by atoms with Gasteiger partial charge >= 0.3 is 5.97 Å². The lowest BCUT2D eigenvalue weighted by atomic mass is 9.86. The van der Waals surface area contributed by atoms with Gasteiger partial charge in [-0.25, -0.2) is 15.0 Å². The molecule has 6 rings (SSSR count). The summed E-state index contributed by atoms with van der Waals surface area (Å²) >= 11 is 0. The summed E-state index contributed by atoms with van der Waals surface area (Å²) in [4.78, 5) is 27.4. The van der Waals surface area contributed by atoms with Crippen LogP contribution < -0.4 is 5.32 Å². The second-order valence-corrected chi connectivity index (χ2v) is 12.1. The van der Waals surface area contributed by atoms with Gasteiger partial charge in [0, 0.05) is 52.8 Å². The molecule has 3 atom stereocenters. The first kappa shape index (κ1) is 29.1. The van der Waals surface area contributed by atoms with Crippen molar-refractivity contribution in [2.24, 2.45) is 26.8 Å². The number of allylic oxidation sites excluding steroid dienone is 11. The van der Waals surface area contributed by atoms with Crippen molar-refractivity contribution in [3.05, 3.63) is 91.5 Å². The van der Waals surface area contributed by atoms with Gasteiger partial charge in [0.05, 0.1) is 47.4 Å². The van der Waals surface area contributed by atoms with Crippen molar-refractivity contribution < 1.29 is 19.7 Å². The van der Waals surface area contributed by atoms with E-state index >= 15 is 0 Å². The number of aliphatic hydroxyl groups is 2. The fourth-order valence-corrected chi connectivity index (χ4v) is 7.13. The lowest BCUT2D eigenvalue weighted by molar-refractivity contribution is -0.140. The molecule has 3 N–H and O–H groups in total. The Morgan fingerprint density at radius 1 is 1.05 bits per heavy atom. The number of carbonyl (C=O) groups excluding carboxylic acids is 1. The maximum Gasteiger partial charge on any atom is 0.305 e. The van der Waals surface area contributed by atoms with Gasteiger partial charge in [-0.3, -0.25) is 4.79 Å². The van der Waals surface area contributed by atoms with Crippen LogP contribution in [0.5, 0.6) is 0 Å². The summed E-state index contributed by atoms with van der Waals surface area (Å²) in [7, 11) is 1.41. The van der Waals surface area contributed by atoms with Crippen molar-refractivity contribution in [3.8, 4) is 0 Å². The van der Waals surface area contributed by atoms with Crippen molar-refractivity contribution in [2.75, 3.05) is 7.11 Å². The van der Waals surface area contributed by atoms with Crippen LogP contribution in [-0.4, -0.2) is 46.5 Å². The Morgan fingerprint density at radius 3 is 2.47 bits per heavy atom. The number of esters is 1. The SMILES string of the molecule is CCC1=C(C)C2=NC1=CC1=C(C)C3=C(O)CC(=C4NC(=CC5=NC(=C2)C([C@H](O)CC)=C5C)[C@@H](C)[C@@H]4CCC(=O)OC)C3=N1. The van der Waals surface area contributed by atoms with Crippen molar-refractivity contribution in [1.29, 1.82) is 0 Å². The van der Waals surface area contributed by atoms with Crippen molar-refractivity contribution in [3.63, 3.8) is 0 Å². The van der Waals surface area contributed by atoms with E-state index < -0.39 is 6.10 Å². The highest BCUT2D eigenvalue weighted by molar-refractivity contribution is 6.21. The summed E-state index contributed by atoms with van der Waals surface area (Å²) in [6, 6.07) is 0. The molecule has 0 spiro atoms. The van der Waals surface area contributed by atoms with Crippen molar-refractivity contribution in [2.45, 2.75) is 79.8 Å². The molecule has 5 heterocycles. The zero-order valence-electron chi connectivity index (χ0n) is 26.1. The van der Waals surface area contributed by atoms with Crippen LogP contribution in [0.3, 0.4) is 0 Å². The molecule has 0 amide bonds. The van der Waals surface area contributed by atoms with E-state index in [1.807, 2.05) is 32.9 Å². The largest absolute Gasteiger partial charge is 0.511 e. The number of aliphatic hydroxyl groups excluding tert-OH is 2. The Kier molecular flexibility index (Phi) is 7.37. The third-order valence-corrected chi connectivity index (χ3v) is 9.71.